The standard InChI is InChI=1S/C14H29N7/c1-9(2)7-15-12-17-13(16-8-10(3)4)19-14(18-12)21-20-11(5)6/h9-11,20H,7-8H2,1-6H3,(H3,15,16,17,18,19,21). The number of hydrogen-bond acceptors (Lipinski definition) is 7. The number of hydrogen-bond donors (Lipinski definition) is 4. The molecule has 0 aliphatic heterocycles. The van der Waals surface area contributed by atoms with Gasteiger partial charge in [-0.3, -0.25) is 5.43 Å². The summed E-state index contributed by atoms with van der Waals surface area (Å²) in [5.74, 6) is 2.73. The largest absolute Gasteiger partial charge is 0.354 e. The van der Waals surface area contributed by atoms with Gasteiger partial charge in [-0.2, -0.15) is 15.0 Å². The first kappa shape index (κ1) is 17.4. The molecule has 1 heterocycles. The van der Waals surface area contributed by atoms with Gasteiger partial charge >= 0.3 is 0 Å². The number of hydrazine groups is 1. The zero-order valence-corrected chi connectivity index (χ0v) is 14.0. The lowest BCUT2D eigenvalue weighted by molar-refractivity contribution is 0.650. The molecule has 0 atom stereocenters. The van der Waals surface area contributed by atoms with Gasteiger partial charge in [-0.25, -0.2) is 5.43 Å². The topological polar surface area (TPSA) is 86.8 Å². The Morgan fingerprint density at radius 2 is 1.14 bits per heavy atom. The molecular formula is C14H29N7. The van der Waals surface area contributed by atoms with Gasteiger partial charge in [-0.05, 0) is 25.7 Å². The summed E-state index contributed by atoms with van der Waals surface area (Å²) in [6.07, 6.45) is 0. The lowest BCUT2D eigenvalue weighted by atomic mass is 10.2. The normalized spacial score (nSPS) is 11.3. The Bertz CT molecular complexity index is 344. The summed E-state index contributed by atoms with van der Waals surface area (Å²) in [6, 6.07) is 0.293. The predicted molar refractivity (Wildman–Crippen MR) is 88.4 cm³/mol. The highest BCUT2D eigenvalue weighted by Gasteiger charge is 2.07. The molecule has 0 saturated heterocycles. The van der Waals surface area contributed by atoms with Gasteiger partial charge in [0.1, 0.15) is 0 Å². The average molecular weight is 295 g/mol. The van der Waals surface area contributed by atoms with E-state index in [4.69, 9.17) is 0 Å². The van der Waals surface area contributed by atoms with Gasteiger partial charge in [-0.1, -0.05) is 27.7 Å². The minimum atomic E-state index is 0.293. The molecule has 1 aromatic rings. The van der Waals surface area contributed by atoms with E-state index in [1.165, 1.54) is 0 Å². The van der Waals surface area contributed by atoms with Crippen LogP contribution in [0.4, 0.5) is 17.8 Å². The Balaban J connectivity index is 2.79. The third kappa shape index (κ3) is 7.65. The number of nitrogens with zero attached hydrogens (tertiary/aromatic N) is 3. The molecule has 0 aromatic carbocycles. The summed E-state index contributed by atoms with van der Waals surface area (Å²) in [6.45, 7) is 14.3. The molecule has 0 fully saturated rings. The third-order valence-electron chi connectivity index (χ3n) is 2.44. The van der Waals surface area contributed by atoms with Crippen molar-refractivity contribution in [3.05, 3.63) is 0 Å². The van der Waals surface area contributed by atoms with Crippen LogP contribution in [0.3, 0.4) is 0 Å². The SMILES string of the molecule is CC(C)CNc1nc(NCC(C)C)nc(NNC(C)C)n1. The van der Waals surface area contributed by atoms with Gasteiger partial charge in [0.05, 0.1) is 0 Å². The van der Waals surface area contributed by atoms with Crippen molar-refractivity contribution in [2.24, 2.45) is 11.8 Å². The van der Waals surface area contributed by atoms with Crippen LogP contribution in [-0.2, 0) is 0 Å². The monoisotopic (exact) mass is 295 g/mol. The van der Waals surface area contributed by atoms with E-state index in [1.54, 1.807) is 0 Å². The molecule has 1 aromatic heterocycles. The predicted octanol–water partition coefficient (Wildman–Crippen LogP) is 2.33. The summed E-state index contributed by atoms with van der Waals surface area (Å²) < 4.78 is 0. The van der Waals surface area contributed by atoms with Gasteiger partial charge < -0.3 is 10.6 Å². The molecule has 21 heavy (non-hydrogen) atoms. The maximum absolute atomic E-state index is 4.39. The van der Waals surface area contributed by atoms with Gasteiger partial charge in [0, 0.05) is 19.1 Å². The zero-order chi connectivity index (χ0) is 15.8. The van der Waals surface area contributed by atoms with E-state index >= 15 is 0 Å². The number of anilines is 3. The number of nitrogens with one attached hydrogen (secondary N) is 4. The number of rotatable bonds is 9. The molecule has 0 bridgehead atoms. The van der Waals surface area contributed by atoms with Crippen molar-refractivity contribution in [1.82, 2.24) is 20.4 Å². The lowest BCUT2D eigenvalue weighted by Gasteiger charge is -2.14. The molecule has 0 spiro atoms. The highest BCUT2D eigenvalue weighted by molar-refractivity contribution is 5.41. The van der Waals surface area contributed by atoms with Crippen LogP contribution >= 0.6 is 0 Å². The summed E-state index contributed by atoms with van der Waals surface area (Å²) in [4.78, 5) is 13.1. The molecule has 7 nitrogen and oxygen atoms in total. The molecule has 0 aliphatic rings. The highest BCUT2D eigenvalue weighted by Crippen LogP contribution is 2.10. The summed E-state index contributed by atoms with van der Waals surface area (Å²) >= 11 is 0. The second-order valence-electron chi connectivity index (χ2n) is 6.28. The van der Waals surface area contributed by atoms with Crippen LogP contribution in [0.15, 0.2) is 0 Å². The third-order valence-corrected chi connectivity index (χ3v) is 2.44. The minimum Gasteiger partial charge on any atom is -0.354 e. The van der Waals surface area contributed by atoms with Crippen molar-refractivity contribution in [2.75, 3.05) is 29.1 Å². The van der Waals surface area contributed by atoms with Crippen LogP contribution in [0.1, 0.15) is 41.5 Å². The summed E-state index contributed by atoms with van der Waals surface area (Å²) in [7, 11) is 0. The van der Waals surface area contributed by atoms with E-state index in [1.807, 2.05) is 13.8 Å². The molecule has 4 N–H and O–H groups in total. The summed E-state index contributed by atoms with van der Waals surface area (Å²) in [5, 5.41) is 6.46. The van der Waals surface area contributed by atoms with Crippen LogP contribution < -0.4 is 21.5 Å². The fourth-order valence-corrected chi connectivity index (χ4v) is 1.39. The Morgan fingerprint density at radius 3 is 1.52 bits per heavy atom. The Kier molecular flexibility index (Phi) is 7.14. The van der Waals surface area contributed by atoms with Crippen molar-refractivity contribution < 1.29 is 0 Å². The van der Waals surface area contributed by atoms with Crippen molar-refractivity contribution >= 4 is 17.8 Å². The van der Waals surface area contributed by atoms with Crippen LogP contribution in [0.5, 0.6) is 0 Å². The van der Waals surface area contributed by atoms with E-state index in [-0.39, 0.29) is 0 Å². The molecule has 0 unspecified atom stereocenters. The first-order valence-corrected chi connectivity index (χ1v) is 7.62. The summed E-state index contributed by atoms with van der Waals surface area (Å²) in [5.41, 5.74) is 6.10. The first-order valence-electron chi connectivity index (χ1n) is 7.62. The lowest BCUT2D eigenvalue weighted by Crippen LogP contribution is -2.30. The maximum Gasteiger partial charge on any atom is 0.243 e. The minimum absolute atomic E-state index is 0.293. The van der Waals surface area contributed by atoms with E-state index < -0.39 is 0 Å². The second kappa shape index (κ2) is 8.61. The molecule has 0 saturated carbocycles. The average Bonchev–Trinajstić information content (AvgIpc) is 2.40. The van der Waals surface area contributed by atoms with Crippen molar-refractivity contribution in [1.29, 1.82) is 0 Å². The van der Waals surface area contributed by atoms with Gasteiger partial charge in [0.25, 0.3) is 0 Å². The Morgan fingerprint density at radius 1 is 0.714 bits per heavy atom. The van der Waals surface area contributed by atoms with E-state index in [9.17, 15) is 0 Å². The maximum atomic E-state index is 4.39. The molecule has 1 rings (SSSR count). The fourth-order valence-electron chi connectivity index (χ4n) is 1.39. The molecule has 7 heteroatoms. The fraction of sp³-hybridized carbons (Fsp3) is 0.786. The quantitative estimate of drug-likeness (QED) is 0.520. The number of aromatic nitrogens is 3. The molecule has 0 radical (unpaired) electrons. The van der Waals surface area contributed by atoms with Gasteiger partial charge in [0.15, 0.2) is 0 Å². The van der Waals surface area contributed by atoms with E-state index in [0.29, 0.717) is 35.7 Å². The van der Waals surface area contributed by atoms with Crippen LogP contribution in [0, 0.1) is 11.8 Å². The molecule has 0 amide bonds. The highest BCUT2D eigenvalue weighted by atomic mass is 15.4. The molecule has 0 aliphatic carbocycles. The van der Waals surface area contributed by atoms with Gasteiger partial charge in [-0.15, -0.1) is 0 Å². The first-order chi connectivity index (χ1) is 9.86. The van der Waals surface area contributed by atoms with Crippen LogP contribution in [0.25, 0.3) is 0 Å². The van der Waals surface area contributed by atoms with Crippen LogP contribution in [-0.4, -0.2) is 34.1 Å². The molecular weight excluding hydrogens is 266 g/mol. The smallest absolute Gasteiger partial charge is 0.243 e. The van der Waals surface area contributed by atoms with Crippen molar-refractivity contribution in [2.45, 2.75) is 47.6 Å². The van der Waals surface area contributed by atoms with E-state index in [2.05, 4.69) is 64.1 Å². The second-order valence-corrected chi connectivity index (χ2v) is 6.28. The van der Waals surface area contributed by atoms with Crippen LogP contribution in [0.2, 0.25) is 0 Å². The van der Waals surface area contributed by atoms with Crippen molar-refractivity contribution in [3.8, 4) is 0 Å². The van der Waals surface area contributed by atoms with E-state index in [0.717, 1.165) is 13.1 Å². The van der Waals surface area contributed by atoms with Crippen molar-refractivity contribution in [3.63, 3.8) is 0 Å². The zero-order valence-electron chi connectivity index (χ0n) is 14.0. The van der Waals surface area contributed by atoms with Gasteiger partial charge in [0.2, 0.25) is 17.8 Å². The molecule has 120 valence electrons. The Labute approximate surface area is 127 Å². The Hall–Kier alpha value is -1.63.